The van der Waals surface area contributed by atoms with Crippen LogP contribution in [-0.4, -0.2) is 43.0 Å². The average Bonchev–Trinajstić information content (AvgIpc) is 2.41. The van der Waals surface area contributed by atoms with E-state index in [0.29, 0.717) is 26.2 Å². The van der Waals surface area contributed by atoms with Gasteiger partial charge in [-0.2, -0.15) is 5.26 Å². The van der Waals surface area contributed by atoms with Crippen molar-refractivity contribution in [3.05, 3.63) is 35.6 Å². The van der Waals surface area contributed by atoms with E-state index in [-0.39, 0.29) is 18.0 Å². The van der Waals surface area contributed by atoms with Gasteiger partial charge in [0.1, 0.15) is 5.82 Å². The minimum Gasteiger partial charge on any atom is -0.361 e. The maximum absolute atomic E-state index is 12.7. The summed E-state index contributed by atoms with van der Waals surface area (Å²) in [5.74, 6) is -0.244. The molecule has 1 atom stereocenters. The fraction of sp³-hybridized carbons (Fsp3) is 0.429. The van der Waals surface area contributed by atoms with E-state index in [1.165, 1.54) is 12.1 Å². The van der Waals surface area contributed by atoms with Crippen molar-refractivity contribution in [2.24, 2.45) is 0 Å². The summed E-state index contributed by atoms with van der Waals surface area (Å²) in [7, 11) is 0. The molecule has 2 rings (SSSR count). The predicted octanol–water partition coefficient (Wildman–Crippen LogP) is 1.16. The zero-order chi connectivity index (χ0) is 13.7. The first-order chi connectivity index (χ1) is 9.17. The summed E-state index contributed by atoms with van der Waals surface area (Å²) >= 11 is 0. The molecule has 4 nitrogen and oxygen atoms in total. The van der Waals surface area contributed by atoms with Crippen molar-refractivity contribution >= 4 is 5.78 Å². The van der Waals surface area contributed by atoms with Gasteiger partial charge in [-0.15, -0.1) is 0 Å². The van der Waals surface area contributed by atoms with Gasteiger partial charge in [0.25, 0.3) is 0 Å². The number of carbonyl (C=O) groups is 1. The molecule has 0 saturated carbocycles. The van der Waals surface area contributed by atoms with E-state index in [4.69, 9.17) is 10.00 Å². The fourth-order valence-electron chi connectivity index (χ4n) is 2.06. The molecule has 100 valence electrons. The number of carbonyl (C=O) groups excluding carboxylic acids is 1. The molecule has 1 saturated heterocycles. The van der Waals surface area contributed by atoms with Gasteiger partial charge in [-0.1, -0.05) is 12.1 Å². The third kappa shape index (κ3) is 4.12. The lowest BCUT2D eigenvalue weighted by Crippen LogP contribution is -2.44. The van der Waals surface area contributed by atoms with Crippen LogP contribution in [0.25, 0.3) is 0 Å². The van der Waals surface area contributed by atoms with Crippen LogP contribution in [0, 0.1) is 17.1 Å². The third-order valence-corrected chi connectivity index (χ3v) is 3.01. The third-order valence-electron chi connectivity index (χ3n) is 3.01. The van der Waals surface area contributed by atoms with Gasteiger partial charge >= 0.3 is 0 Å². The maximum atomic E-state index is 12.7. The maximum Gasteiger partial charge on any atom is 0.156 e. The molecule has 1 aliphatic rings. The van der Waals surface area contributed by atoms with Crippen LogP contribution in [0.5, 0.6) is 0 Å². The fourth-order valence-corrected chi connectivity index (χ4v) is 2.06. The number of nitrogens with zero attached hydrogens (tertiary/aromatic N) is 2. The summed E-state index contributed by atoms with van der Waals surface area (Å²) in [5, 5.41) is 8.78. The number of morpholine rings is 1. The number of halogens is 1. The van der Waals surface area contributed by atoms with E-state index in [1.54, 1.807) is 12.1 Å². The second-order valence-electron chi connectivity index (χ2n) is 4.57. The number of hydrogen-bond acceptors (Lipinski definition) is 4. The van der Waals surface area contributed by atoms with Crippen molar-refractivity contribution in [3.63, 3.8) is 0 Å². The van der Waals surface area contributed by atoms with Crippen molar-refractivity contribution in [2.75, 3.05) is 26.2 Å². The van der Waals surface area contributed by atoms with Crippen molar-refractivity contribution in [2.45, 2.75) is 12.5 Å². The van der Waals surface area contributed by atoms with Gasteiger partial charge in [0, 0.05) is 19.5 Å². The lowest BCUT2D eigenvalue weighted by Gasteiger charge is -2.28. The zero-order valence-electron chi connectivity index (χ0n) is 10.5. The van der Waals surface area contributed by atoms with E-state index in [9.17, 15) is 9.18 Å². The number of hydrogen-bond donors (Lipinski definition) is 0. The van der Waals surface area contributed by atoms with Crippen molar-refractivity contribution in [1.82, 2.24) is 4.90 Å². The molecule has 0 N–H and O–H groups in total. The Morgan fingerprint density at radius 2 is 2.21 bits per heavy atom. The smallest absolute Gasteiger partial charge is 0.156 e. The summed E-state index contributed by atoms with van der Waals surface area (Å²) in [6, 6.07) is 7.98. The average molecular weight is 262 g/mol. The van der Waals surface area contributed by atoms with Crippen LogP contribution in [0.15, 0.2) is 24.3 Å². The molecule has 1 unspecified atom stereocenters. The van der Waals surface area contributed by atoms with E-state index < -0.39 is 6.10 Å². The monoisotopic (exact) mass is 262 g/mol. The molecule has 1 fully saturated rings. The van der Waals surface area contributed by atoms with Crippen LogP contribution in [0.3, 0.4) is 0 Å². The first-order valence-electron chi connectivity index (χ1n) is 6.17. The van der Waals surface area contributed by atoms with Crippen molar-refractivity contribution < 1.29 is 13.9 Å². The quantitative estimate of drug-likeness (QED) is 0.817. The Morgan fingerprint density at radius 3 is 2.89 bits per heavy atom. The van der Waals surface area contributed by atoms with Gasteiger partial charge in [0.15, 0.2) is 11.9 Å². The molecule has 1 aromatic carbocycles. The molecule has 1 aliphatic heterocycles. The zero-order valence-corrected chi connectivity index (χ0v) is 10.5. The van der Waals surface area contributed by atoms with Crippen LogP contribution in [0.2, 0.25) is 0 Å². The summed E-state index contributed by atoms with van der Waals surface area (Å²) in [4.78, 5) is 13.8. The topological polar surface area (TPSA) is 53.3 Å². The molecule has 0 amide bonds. The highest BCUT2D eigenvalue weighted by molar-refractivity contribution is 5.82. The molecule has 0 radical (unpaired) electrons. The van der Waals surface area contributed by atoms with Crippen LogP contribution in [0.1, 0.15) is 5.56 Å². The lowest BCUT2D eigenvalue weighted by molar-refractivity contribution is -0.121. The molecular weight excluding hydrogens is 247 g/mol. The Balaban J connectivity index is 1.84. The van der Waals surface area contributed by atoms with Gasteiger partial charge in [-0.3, -0.25) is 9.69 Å². The van der Waals surface area contributed by atoms with Gasteiger partial charge in [0.05, 0.1) is 19.2 Å². The minimum atomic E-state index is -0.452. The predicted molar refractivity (Wildman–Crippen MR) is 66.9 cm³/mol. The first kappa shape index (κ1) is 13.7. The second kappa shape index (κ2) is 6.41. The van der Waals surface area contributed by atoms with E-state index in [2.05, 4.69) is 0 Å². The van der Waals surface area contributed by atoms with Gasteiger partial charge in [-0.25, -0.2) is 4.39 Å². The molecule has 1 heterocycles. The minimum absolute atomic E-state index is 0.0604. The lowest BCUT2D eigenvalue weighted by atomic mass is 10.1. The molecular formula is C14H15FN2O2. The Labute approximate surface area is 111 Å². The van der Waals surface area contributed by atoms with E-state index in [1.807, 2.05) is 11.0 Å². The molecule has 0 aromatic heterocycles. The van der Waals surface area contributed by atoms with Gasteiger partial charge < -0.3 is 4.74 Å². The molecule has 5 heteroatoms. The van der Waals surface area contributed by atoms with Crippen molar-refractivity contribution in [3.8, 4) is 6.07 Å². The highest BCUT2D eigenvalue weighted by Gasteiger charge is 2.21. The van der Waals surface area contributed by atoms with E-state index >= 15 is 0 Å². The molecule has 0 bridgehead atoms. The SMILES string of the molecule is N#CC1CN(CC(=O)Cc2ccc(F)cc2)CCO1. The normalized spacial score (nSPS) is 19.9. The molecule has 0 spiro atoms. The summed E-state index contributed by atoms with van der Waals surface area (Å²) in [6.45, 7) is 1.90. The van der Waals surface area contributed by atoms with Crippen LogP contribution < -0.4 is 0 Å². The highest BCUT2D eigenvalue weighted by Crippen LogP contribution is 2.07. The van der Waals surface area contributed by atoms with Crippen LogP contribution in [0.4, 0.5) is 4.39 Å². The van der Waals surface area contributed by atoms with E-state index in [0.717, 1.165) is 5.56 Å². The molecule has 0 aliphatic carbocycles. The highest BCUT2D eigenvalue weighted by atomic mass is 19.1. The Morgan fingerprint density at radius 1 is 1.47 bits per heavy atom. The number of Topliss-reactive ketones (excluding diaryl/α,β-unsaturated/α-hetero) is 1. The largest absolute Gasteiger partial charge is 0.361 e. The number of nitriles is 1. The van der Waals surface area contributed by atoms with Crippen LogP contribution >= 0.6 is 0 Å². The molecule has 1 aromatic rings. The number of benzene rings is 1. The summed E-state index contributed by atoms with van der Waals surface area (Å²) in [5.41, 5.74) is 0.802. The Kier molecular flexibility index (Phi) is 4.61. The summed E-state index contributed by atoms with van der Waals surface area (Å²) < 4.78 is 18.0. The number of ether oxygens (including phenoxy) is 1. The standard InChI is InChI=1S/C14H15FN2O2/c15-12-3-1-11(2-4-12)7-13(18)9-17-5-6-19-14(8-16)10-17/h1-4,14H,5-7,9-10H2. The Bertz CT molecular complexity index is 481. The van der Waals surface area contributed by atoms with Crippen LogP contribution in [-0.2, 0) is 16.0 Å². The summed E-state index contributed by atoms with van der Waals surface area (Å²) in [6.07, 6.45) is -0.165. The number of ketones is 1. The number of rotatable bonds is 4. The Hall–Kier alpha value is -1.77. The van der Waals surface area contributed by atoms with Crippen molar-refractivity contribution in [1.29, 1.82) is 5.26 Å². The van der Waals surface area contributed by atoms with Gasteiger partial charge in [-0.05, 0) is 17.7 Å². The molecule has 19 heavy (non-hydrogen) atoms. The van der Waals surface area contributed by atoms with Gasteiger partial charge in [0.2, 0.25) is 0 Å². The second-order valence-corrected chi connectivity index (χ2v) is 4.57. The first-order valence-corrected chi connectivity index (χ1v) is 6.17.